The third kappa shape index (κ3) is 2.64. The van der Waals surface area contributed by atoms with Gasteiger partial charge in [0.05, 0.1) is 14.2 Å². The zero-order chi connectivity index (χ0) is 14.8. The zero-order valence-electron chi connectivity index (χ0n) is 12.3. The molecule has 0 radical (unpaired) electrons. The van der Waals surface area contributed by atoms with Crippen molar-refractivity contribution in [1.29, 1.82) is 0 Å². The summed E-state index contributed by atoms with van der Waals surface area (Å²) < 4.78 is 10.5. The summed E-state index contributed by atoms with van der Waals surface area (Å²) in [6.45, 7) is 0. The SMILES string of the molecule is COc1cc(OC)cc(C(=O)c2ccc3c(c2)CCC3)c1. The lowest BCUT2D eigenvalue weighted by atomic mass is 9.99. The van der Waals surface area contributed by atoms with Gasteiger partial charge in [0.25, 0.3) is 0 Å². The van der Waals surface area contributed by atoms with Gasteiger partial charge in [-0.3, -0.25) is 4.79 Å². The van der Waals surface area contributed by atoms with Gasteiger partial charge in [0.1, 0.15) is 11.5 Å². The predicted molar refractivity (Wildman–Crippen MR) is 81.4 cm³/mol. The second kappa shape index (κ2) is 5.60. The Morgan fingerprint density at radius 3 is 2.19 bits per heavy atom. The Kier molecular flexibility index (Phi) is 3.65. The molecule has 0 fully saturated rings. The standard InChI is InChI=1S/C18H18O3/c1-20-16-9-15(10-17(11-16)21-2)18(19)14-7-6-12-4-3-5-13(12)8-14/h6-11H,3-5H2,1-2H3. The highest BCUT2D eigenvalue weighted by molar-refractivity contribution is 6.09. The van der Waals surface area contributed by atoms with Crippen molar-refractivity contribution in [2.45, 2.75) is 19.3 Å². The van der Waals surface area contributed by atoms with E-state index in [1.165, 1.54) is 17.5 Å². The highest BCUT2D eigenvalue weighted by atomic mass is 16.5. The van der Waals surface area contributed by atoms with Crippen molar-refractivity contribution in [3.8, 4) is 11.5 Å². The number of carbonyl (C=O) groups excluding carboxylic acids is 1. The number of aryl methyl sites for hydroxylation is 2. The summed E-state index contributed by atoms with van der Waals surface area (Å²) in [5.41, 5.74) is 3.99. The van der Waals surface area contributed by atoms with Crippen LogP contribution < -0.4 is 9.47 Å². The van der Waals surface area contributed by atoms with Crippen molar-refractivity contribution in [3.63, 3.8) is 0 Å². The highest BCUT2D eigenvalue weighted by Gasteiger charge is 2.16. The van der Waals surface area contributed by atoms with Gasteiger partial charge in [-0.2, -0.15) is 0 Å². The first-order valence-electron chi connectivity index (χ1n) is 7.11. The van der Waals surface area contributed by atoms with Crippen LogP contribution in [0.4, 0.5) is 0 Å². The summed E-state index contributed by atoms with van der Waals surface area (Å²) in [5.74, 6) is 1.25. The first kappa shape index (κ1) is 13.7. The van der Waals surface area contributed by atoms with Crippen LogP contribution in [-0.4, -0.2) is 20.0 Å². The largest absolute Gasteiger partial charge is 0.497 e. The molecule has 0 aromatic heterocycles. The smallest absolute Gasteiger partial charge is 0.193 e. The van der Waals surface area contributed by atoms with Gasteiger partial charge in [0, 0.05) is 17.2 Å². The van der Waals surface area contributed by atoms with Crippen molar-refractivity contribution >= 4 is 5.78 Å². The van der Waals surface area contributed by atoms with Crippen LogP contribution in [0.15, 0.2) is 36.4 Å². The molecule has 2 aromatic rings. The van der Waals surface area contributed by atoms with Crippen LogP contribution >= 0.6 is 0 Å². The van der Waals surface area contributed by atoms with E-state index in [9.17, 15) is 4.79 Å². The molecule has 0 amide bonds. The minimum atomic E-state index is 0.00176. The van der Waals surface area contributed by atoms with Crippen molar-refractivity contribution in [3.05, 3.63) is 58.7 Å². The Hall–Kier alpha value is -2.29. The van der Waals surface area contributed by atoms with E-state index < -0.39 is 0 Å². The van der Waals surface area contributed by atoms with Gasteiger partial charge in [-0.05, 0) is 48.6 Å². The summed E-state index contributed by atoms with van der Waals surface area (Å²) in [4.78, 5) is 12.7. The number of fused-ring (bicyclic) bond motifs is 1. The Morgan fingerprint density at radius 2 is 1.52 bits per heavy atom. The molecule has 0 heterocycles. The number of methoxy groups -OCH3 is 2. The number of ketones is 1. The van der Waals surface area contributed by atoms with Gasteiger partial charge in [0.15, 0.2) is 5.78 Å². The van der Waals surface area contributed by atoms with Crippen LogP contribution in [0.25, 0.3) is 0 Å². The molecule has 3 heteroatoms. The lowest BCUT2D eigenvalue weighted by Crippen LogP contribution is -2.03. The first-order valence-corrected chi connectivity index (χ1v) is 7.11. The first-order chi connectivity index (χ1) is 10.2. The summed E-state index contributed by atoms with van der Waals surface area (Å²) in [6.07, 6.45) is 3.37. The second-order valence-corrected chi connectivity index (χ2v) is 5.27. The average molecular weight is 282 g/mol. The normalized spacial score (nSPS) is 12.9. The Morgan fingerprint density at radius 1 is 0.857 bits per heavy atom. The van der Waals surface area contributed by atoms with Crippen LogP contribution in [0.1, 0.15) is 33.5 Å². The summed E-state index contributed by atoms with van der Waals surface area (Å²) in [7, 11) is 3.16. The quantitative estimate of drug-likeness (QED) is 0.806. The molecule has 0 aliphatic heterocycles. The average Bonchev–Trinajstić information content (AvgIpc) is 3.01. The van der Waals surface area contributed by atoms with Crippen molar-refractivity contribution in [2.75, 3.05) is 14.2 Å². The van der Waals surface area contributed by atoms with E-state index >= 15 is 0 Å². The van der Waals surface area contributed by atoms with Crippen molar-refractivity contribution in [1.82, 2.24) is 0 Å². The maximum absolute atomic E-state index is 12.7. The molecule has 108 valence electrons. The molecule has 2 aromatic carbocycles. The van der Waals surface area contributed by atoms with E-state index in [1.807, 2.05) is 12.1 Å². The summed E-state index contributed by atoms with van der Waals surface area (Å²) >= 11 is 0. The van der Waals surface area contributed by atoms with Crippen LogP contribution in [0.5, 0.6) is 11.5 Å². The minimum absolute atomic E-state index is 0.00176. The molecule has 0 spiro atoms. The molecular formula is C18H18O3. The molecule has 0 saturated heterocycles. The third-order valence-electron chi connectivity index (χ3n) is 3.97. The monoisotopic (exact) mass is 282 g/mol. The van der Waals surface area contributed by atoms with E-state index in [0.717, 1.165) is 18.4 Å². The van der Waals surface area contributed by atoms with Crippen LogP contribution in [-0.2, 0) is 12.8 Å². The van der Waals surface area contributed by atoms with Crippen LogP contribution in [0.2, 0.25) is 0 Å². The minimum Gasteiger partial charge on any atom is -0.497 e. The molecule has 1 aliphatic rings. The molecule has 0 atom stereocenters. The number of ether oxygens (including phenoxy) is 2. The lowest BCUT2D eigenvalue weighted by molar-refractivity contribution is 0.103. The van der Waals surface area contributed by atoms with E-state index in [-0.39, 0.29) is 5.78 Å². The van der Waals surface area contributed by atoms with Crippen LogP contribution in [0.3, 0.4) is 0 Å². The van der Waals surface area contributed by atoms with Gasteiger partial charge in [-0.1, -0.05) is 12.1 Å². The molecule has 0 bridgehead atoms. The number of hydrogen-bond acceptors (Lipinski definition) is 3. The van der Waals surface area contributed by atoms with Gasteiger partial charge >= 0.3 is 0 Å². The van der Waals surface area contributed by atoms with Crippen LogP contribution in [0, 0.1) is 0 Å². The number of benzene rings is 2. The summed E-state index contributed by atoms with van der Waals surface area (Å²) in [5, 5.41) is 0. The fourth-order valence-electron chi connectivity index (χ4n) is 2.82. The van der Waals surface area contributed by atoms with Gasteiger partial charge in [0.2, 0.25) is 0 Å². The molecule has 3 nitrogen and oxygen atoms in total. The Balaban J connectivity index is 1.98. The molecular weight excluding hydrogens is 264 g/mol. The molecule has 1 aliphatic carbocycles. The van der Waals surface area contributed by atoms with Crippen molar-refractivity contribution < 1.29 is 14.3 Å². The van der Waals surface area contributed by atoms with Gasteiger partial charge in [-0.15, -0.1) is 0 Å². The Labute approximate surface area is 124 Å². The molecule has 3 rings (SSSR count). The van der Waals surface area contributed by atoms with E-state index in [2.05, 4.69) is 6.07 Å². The number of carbonyl (C=O) groups is 1. The second-order valence-electron chi connectivity index (χ2n) is 5.27. The fraction of sp³-hybridized carbons (Fsp3) is 0.278. The summed E-state index contributed by atoms with van der Waals surface area (Å²) in [6, 6.07) is 11.3. The molecule has 0 saturated carbocycles. The van der Waals surface area contributed by atoms with Gasteiger partial charge < -0.3 is 9.47 Å². The third-order valence-corrected chi connectivity index (χ3v) is 3.97. The molecule has 0 N–H and O–H groups in total. The maximum atomic E-state index is 12.7. The van der Waals surface area contributed by atoms with E-state index in [4.69, 9.17) is 9.47 Å². The highest BCUT2D eigenvalue weighted by Crippen LogP contribution is 2.27. The predicted octanol–water partition coefficient (Wildman–Crippen LogP) is 3.42. The fourth-order valence-corrected chi connectivity index (χ4v) is 2.82. The lowest BCUT2D eigenvalue weighted by Gasteiger charge is -2.09. The maximum Gasteiger partial charge on any atom is 0.193 e. The number of hydrogen-bond donors (Lipinski definition) is 0. The zero-order valence-corrected chi connectivity index (χ0v) is 12.3. The topological polar surface area (TPSA) is 35.5 Å². The van der Waals surface area contributed by atoms with E-state index in [1.54, 1.807) is 32.4 Å². The number of rotatable bonds is 4. The van der Waals surface area contributed by atoms with Crippen molar-refractivity contribution in [2.24, 2.45) is 0 Å². The van der Waals surface area contributed by atoms with E-state index in [0.29, 0.717) is 17.1 Å². The molecule has 21 heavy (non-hydrogen) atoms. The molecule has 0 unspecified atom stereocenters. The van der Waals surface area contributed by atoms with Gasteiger partial charge in [-0.25, -0.2) is 0 Å². The Bertz CT molecular complexity index is 667.